The van der Waals surface area contributed by atoms with E-state index in [1.807, 2.05) is 19.3 Å². The molecule has 2 aromatic rings. The van der Waals surface area contributed by atoms with Crippen LogP contribution in [0.25, 0.3) is 11.1 Å². The minimum atomic E-state index is 0.806. The molecule has 0 amide bonds. The van der Waals surface area contributed by atoms with Gasteiger partial charge in [0.1, 0.15) is 5.82 Å². The van der Waals surface area contributed by atoms with E-state index in [0.717, 1.165) is 17.0 Å². The van der Waals surface area contributed by atoms with Gasteiger partial charge in [0.2, 0.25) is 0 Å². The van der Waals surface area contributed by atoms with Crippen molar-refractivity contribution in [2.45, 2.75) is 13.8 Å². The van der Waals surface area contributed by atoms with E-state index in [2.05, 4.69) is 41.2 Å². The summed E-state index contributed by atoms with van der Waals surface area (Å²) in [5, 5.41) is 0. The lowest BCUT2D eigenvalue weighted by Crippen LogP contribution is -1.87. The maximum absolute atomic E-state index is 4.17. The molecular formula is C12H12N2. The Kier molecular flexibility index (Phi) is 2.27. The highest BCUT2D eigenvalue weighted by Gasteiger charge is 1.97. The molecule has 0 aliphatic carbocycles. The molecule has 0 bridgehead atoms. The van der Waals surface area contributed by atoms with Crippen molar-refractivity contribution in [2.24, 2.45) is 0 Å². The van der Waals surface area contributed by atoms with Crippen molar-refractivity contribution in [3.63, 3.8) is 0 Å². The van der Waals surface area contributed by atoms with Crippen LogP contribution in [0.5, 0.6) is 0 Å². The first kappa shape index (κ1) is 8.88. The largest absolute Gasteiger partial charge is 0.241 e. The van der Waals surface area contributed by atoms with E-state index >= 15 is 0 Å². The molecular weight excluding hydrogens is 172 g/mol. The Hall–Kier alpha value is -1.70. The molecule has 0 radical (unpaired) electrons. The summed E-state index contributed by atoms with van der Waals surface area (Å²) in [6.45, 7) is 3.97. The lowest BCUT2D eigenvalue weighted by molar-refractivity contribution is 1.06. The van der Waals surface area contributed by atoms with Crippen LogP contribution in [0.2, 0.25) is 0 Å². The monoisotopic (exact) mass is 184 g/mol. The first-order valence-electron chi connectivity index (χ1n) is 4.61. The van der Waals surface area contributed by atoms with Crippen molar-refractivity contribution in [3.8, 4) is 11.1 Å². The van der Waals surface area contributed by atoms with Gasteiger partial charge < -0.3 is 0 Å². The SMILES string of the molecule is Cc1ccc(-c2cnc(C)nc2)cc1. The van der Waals surface area contributed by atoms with Gasteiger partial charge in [0.05, 0.1) is 0 Å². The molecule has 0 spiro atoms. The number of rotatable bonds is 1. The topological polar surface area (TPSA) is 25.8 Å². The number of aromatic nitrogens is 2. The first-order chi connectivity index (χ1) is 6.75. The second kappa shape index (κ2) is 3.58. The lowest BCUT2D eigenvalue weighted by atomic mass is 10.1. The molecule has 2 nitrogen and oxygen atoms in total. The molecule has 0 fully saturated rings. The molecule has 1 aromatic carbocycles. The van der Waals surface area contributed by atoms with Gasteiger partial charge in [0, 0.05) is 18.0 Å². The fourth-order valence-electron chi connectivity index (χ4n) is 1.29. The summed E-state index contributed by atoms with van der Waals surface area (Å²) in [4.78, 5) is 8.33. The molecule has 2 heteroatoms. The predicted octanol–water partition coefficient (Wildman–Crippen LogP) is 2.76. The van der Waals surface area contributed by atoms with Gasteiger partial charge in [-0.3, -0.25) is 0 Å². The van der Waals surface area contributed by atoms with Crippen LogP contribution < -0.4 is 0 Å². The van der Waals surface area contributed by atoms with Gasteiger partial charge in [-0.15, -0.1) is 0 Å². The molecule has 1 heterocycles. The van der Waals surface area contributed by atoms with Crippen LogP contribution in [-0.2, 0) is 0 Å². The molecule has 0 saturated heterocycles. The van der Waals surface area contributed by atoms with Crippen molar-refractivity contribution >= 4 is 0 Å². The van der Waals surface area contributed by atoms with E-state index in [4.69, 9.17) is 0 Å². The first-order valence-corrected chi connectivity index (χ1v) is 4.61. The quantitative estimate of drug-likeness (QED) is 0.681. The molecule has 70 valence electrons. The molecule has 0 unspecified atom stereocenters. The molecule has 14 heavy (non-hydrogen) atoms. The van der Waals surface area contributed by atoms with Crippen LogP contribution in [-0.4, -0.2) is 9.97 Å². The van der Waals surface area contributed by atoms with Crippen LogP contribution in [0.15, 0.2) is 36.7 Å². The van der Waals surface area contributed by atoms with Crippen molar-refractivity contribution in [3.05, 3.63) is 48.0 Å². The smallest absolute Gasteiger partial charge is 0.125 e. The van der Waals surface area contributed by atoms with Gasteiger partial charge in [-0.05, 0) is 19.4 Å². The highest BCUT2D eigenvalue weighted by molar-refractivity contribution is 5.61. The van der Waals surface area contributed by atoms with Gasteiger partial charge in [-0.2, -0.15) is 0 Å². The van der Waals surface area contributed by atoms with Gasteiger partial charge in [0.15, 0.2) is 0 Å². The third-order valence-corrected chi connectivity index (χ3v) is 2.17. The van der Waals surface area contributed by atoms with Crippen molar-refractivity contribution in [1.29, 1.82) is 0 Å². The summed E-state index contributed by atoms with van der Waals surface area (Å²) in [5.41, 5.74) is 3.49. The molecule has 0 aliphatic heterocycles. The maximum atomic E-state index is 4.17. The van der Waals surface area contributed by atoms with Crippen LogP contribution in [0, 0.1) is 13.8 Å². The minimum absolute atomic E-state index is 0.806. The number of hydrogen-bond donors (Lipinski definition) is 0. The van der Waals surface area contributed by atoms with Gasteiger partial charge >= 0.3 is 0 Å². The summed E-state index contributed by atoms with van der Waals surface area (Å²) in [7, 11) is 0. The second-order valence-corrected chi connectivity index (χ2v) is 3.38. The van der Waals surface area contributed by atoms with E-state index in [-0.39, 0.29) is 0 Å². The lowest BCUT2D eigenvalue weighted by Gasteiger charge is -2.01. The summed E-state index contributed by atoms with van der Waals surface area (Å²) in [5.74, 6) is 0.806. The summed E-state index contributed by atoms with van der Waals surface area (Å²) in [6, 6.07) is 8.36. The molecule has 0 aliphatic rings. The predicted molar refractivity (Wildman–Crippen MR) is 56.9 cm³/mol. The summed E-state index contributed by atoms with van der Waals surface area (Å²) >= 11 is 0. The molecule has 1 aromatic heterocycles. The van der Waals surface area contributed by atoms with Crippen LogP contribution in [0.1, 0.15) is 11.4 Å². The number of nitrogens with zero attached hydrogens (tertiary/aromatic N) is 2. The fraction of sp³-hybridized carbons (Fsp3) is 0.167. The minimum Gasteiger partial charge on any atom is -0.241 e. The average molecular weight is 184 g/mol. The Balaban J connectivity index is 2.40. The van der Waals surface area contributed by atoms with Crippen LogP contribution in [0.4, 0.5) is 0 Å². The summed E-state index contributed by atoms with van der Waals surface area (Å²) in [6.07, 6.45) is 3.71. The normalized spacial score (nSPS) is 10.1. The number of aryl methyl sites for hydroxylation is 2. The molecule has 0 N–H and O–H groups in total. The summed E-state index contributed by atoms with van der Waals surface area (Å²) < 4.78 is 0. The standard InChI is InChI=1S/C12H12N2/c1-9-3-5-11(6-4-9)12-7-13-10(2)14-8-12/h3-8H,1-2H3. The zero-order valence-corrected chi connectivity index (χ0v) is 8.36. The maximum Gasteiger partial charge on any atom is 0.125 e. The highest BCUT2D eigenvalue weighted by Crippen LogP contribution is 2.17. The van der Waals surface area contributed by atoms with Gasteiger partial charge in [0.25, 0.3) is 0 Å². The van der Waals surface area contributed by atoms with E-state index in [1.165, 1.54) is 5.56 Å². The van der Waals surface area contributed by atoms with Crippen molar-refractivity contribution in [2.75, 3.05) is 0 Å². The van der Waals surface area contributed by atoms with Gasteiger partial charge in [-0.25, -0.2) is 9.97 Å². The Morgan fingerprint density at radius 3 is 1.93 bits per heavy atom. The van der Waals surface area contributed by atoms with E-state index in [1.54, 1.807) is 0 Å². The van der Waals surface area contributed by atoms with E-state index in [0.29, 0.717) is 0 Å². The third kappa shape index (κ3) is 1.79. The van der Waals surface area contributed by atoms with Crippen molar-refractivity contribution < 1.29 is 0 Å². The Morgan fingerprint density at radius 2 is 1.36 bits per heavy atom. The zero-order valence-electron chi connectivity index (χ0n) is 8.36. The zero-order chi connectivity index (χ0) is 9.97. The Bertz CT molecular complexity index is 372. The average Bonchev–Trinajstić information content (AvgIpc) is 2.21. The van der Waals surface area contributed by atoms with Crippen molar-refractivity contribution in [1.82, 2.24) is 9.97 Å². The van der Waals surface area contributed by atoms with Gasteiger partial charge in [-0.1, -0.05) is 29.8 Å². The van der Waals surface area contributed by atoms with E-state index < -0.39 is 0 Å². The number of hydrogen-bond acceptors (Lipinski definition) is 2. The molecule has 0 atom stereocenters. The highest BCUT2D eigenvalue weighted by atomic mass is 14.8. The third-order valence-electron chi connectivity index (χ3n) is 2.17. The molecule has 0 saturated carbocycles. The fourth-order valence-corrected chi connectivity index (χ4v) is 1.29. The van der Waals surface area contributed by atoms with Crippen LogP contribution >= 0.6 is 0 Å². The Morgan fingerprint density at radius 1 is 0.786 bits per heavy atom. The number of benzene rings is 1. The van der Waals surface area contributed by atoms with E-state index in [9.17, 15) is 0 Å². The van der Waals surface area contributed by atoms with Crippen LogP contribution in [0.3, 0.4) is 0 Å². The Labute approximate surface area is 83.7 Å². The molecule has 2 rings (SSSR count). The second-order valence-electron chi connectivity index (χ2n) is 3.38.